The number of azide groups is 1. The minimum Gasteiger partial charge on any atom is -0.361 e. The Labute approximate surface area is 70.0 Å². The molecule has 5 heteroatoms. The number of aromatic nitrogens is 1. The van der Waals surface area contributed by atoms with Crippen molar-refractivity contribution in [1.82, 2.24) is 5.16 Å². The number of hydrogen-bond donors (Lipinski definition) is 0. The molecule has 0 aromatic carbocycles. The molecule has 0 N–H and O–H groups in total. The molecule has 0 bridgehead atoms. The van der Waals surface area contributed by atoms with Crippen LogP contribution in [-0.4, -0.2) is 11.7 Å². The van der Waals surface area contributed by atoms with Crippen molar-refractivity contribution in [1.29, 1.82) is 0 Å². The standard InChI is InChI=1S/C7H10N4O/c1-5-7(3-4-9-11-8)6(2)12-10-5/h3-4H2,1-2H3. The fourth-order valence-electron chi connectivity index (χ4n) is 1.07. The molecule has 1 aromatic heterocycles. The van der Waals surface area contributed by atoms with Crippen LogP contribution in [0.1, 0.15) is 17.0 Å². The van der Waals surface area contributed by atoms with E-state index in [2.05, 4.69) is 15.2 Å². The van der Waals surface area contributed by atoms with Gasteiger partial charge in [0.25, 0.3) is 0 Å². The largest absolute Gasteiger partial charge is 0.361 e. The molecule has 1 heterocycles. The van der Waals surface area contributed by atoms with E-state index in [1.165, 1.54) is 0 Å². The maximum atomic E-state index is 8.05. The van der Waals surface area contributed by atoms with E-state index < -0.39 is 0 Å². The van der Waals surface area contributed by atoms with Crippen LogP contribution in [0.15, 0.2) is 9.64 Å². The van der Waals surface area contributed by atoms with Gasteiger partial charge < -0.3 is 4.52 Å². The molecule has 0 atom stereocenters. The van der Waals surface area contributed by atoms with E-state index in [1.54, 1.807) is 0 Å². The molecule has 0 aliphatic carbocycles. The molecule has 5 nitrogen and oxygen atoms in total. The smallest absolute Gasteiger partial charge is 0.137 e. The molecule has 1 aromatic rings. The van der Waals surface area contributed by atoms with Crippen molar-refractivity contribution >= 4 is 0 Å². The SMILES string of the molecule is Cc1noc(C)c1CCN=[N+]=[N-]. The monoisotopic (exact) mass is 166 g/mol. The highest BCUT2D eigenvalue weighted by atomic mass is 16.5. The zero-order valence-corrected chi connectivity index (χ0v) is 7.11. The van der Waals surface area contributed by atoms with Gasteiger partial charge in [0, 0.05) is 17.0 Å². The fraction of sp³-hybridized carbons (Fsp3) is 0.571. The molecule has 0 unspecified atom stereocenters. The highest BCUT2D eigenvalue weighted by Gasteiger charge is 2.06. The predicted octanol–water partition coefficient (Wildman–Crippen LogP) is 2.14. The van der Waals surface area contributed by atoms with Gasteiger partial charge in [0.1, 0.15) is 5.76 Å². The molecule has 1 rings (SSSR count). The quantitative estimate of drug-likeness (QED) is 0.392. The van der Waals surface area contributed by atoms with Crippen LogP contribution in [-0.2, 0) is 6.42 Å². The highest BCUT2D eigenvalue weighted by Crippen LogP contribution is 2.12. The van der Waals surface area contributed by atoms with Gasteiger partial charge >= 0.3 is 0 Å². The lowest BCUT2D eigenvalue weighted by molar-refractivity contribution is 0.392. The predicted molar refractivity (Wildman–Crippen MR) is 43.7 cm³/mol. The molecular weight excluding hydrogens is 156 g/mol. The molecular formula is C7H10N4O. The summed E-state index contributed by atoms with van der Waals surface area (Å²) in [7, 11) is 0. The maximum absolute atomic E-state index is 8.05. The summed E-state index contributed by atoms with van der Waals surface area (Å²) >= 11 is 0. The van der Waals surface area contributed by atoms with E-state index in [-0.39, 0.29) is 0 Å². The molecule has 0 fully saturated rings. The first kappa shape index (κ1) is 8.62. The van der Waals surface area contributed by atoms with Crippen molar-refractivity contribution < 1.29 is 4.52 Å². The van der Waals surface area contributed by atoms with Crippen LogP contribution in [0.25, 0.3) is 10.4 Å². The van der Waals surface area contributed by atoms with Gasteiger partial charge in [-0.3, -0.25) is 0 Å². The molecule has 0 amide bonds. The zero-order chi connectivity index (χ0) is 8.97. The highest BCUT2D eigenvalue weighted by molar-refractivity contribution is 5.20. The van der Waals surface area contributed by atoms with Crippen LogP contribution in [0.5, 0.6) is 0 Å². The molecule has 64 valence electrons. The third-order valence-corrected chi connectivity index (χ3v) is 1.71. The molecule has 0 saturated carbocycles. The lowest BCUT2D eigenvalue weighted by Gasteiger charge is -1.93. The van der Waals surface area contributed by atoms with Crippen LogP contribution in [0, 0.1) is 13.8 Å². The van der Waals surface area contributed by atoms with Crippen molar-refractivity contribution in [3.8, 4) is 0 Å². The maximum Gasteiger partial charge on any atom is 0.137 e. The normalized spacial score (nSPS) is 9.50. The van der Waals surface area contributed by atoms with Crippen LogP contribution < -0.4 is 0 Å². The number of hydrogen-bond acceptors (Lipinski definition) is 3. The Morgan fingerprint density at radius 1 is 1.58 bits per heavy atom. The van der Waals surface area contributed by atoms with Gasteiger partial charge in [0.15, 0.2) is 0 Å². The van der Waals surface area contributed by atoms with Gasteiger partial charge in [0.2, 0.25) is 0 Å². The number of rotatable bonds is 3. The van der Waals surface area contributed by atoms with E-state index in [0.717, 1.165) is 17.0 Å². The second kappa shape index (κ2) is 3.78. The average Bonchev–Trinajstić information content (AvgIpc) is 2.35. The molecule has 0 saturated heterocycles. The van der Waals surface area contributed by atoms with E-state index in [1.807, 2.05) is 13.8 Å². The van der Waals surface area contributed by atoms with Crippen LogP contribution in [0.2, 0.25) is 0 Å². The van der Waals surface area contributed by atoms with Crippen LogP contribution in [0.4, 0.5) is 0 Å². The summed E-state index contributed by atoms with van der Waals surface area (Å²) in [5.74, 6) is 0.806. The van der Waals surface area contributed by atoms with Gasteiger partial charge in [-0.2, -0.15) is 0 Å². The number of aryl methyl sites for hydroxylation is 2. The van der Waals surface area contributed by atoms with Crippen LogP contribution >= 0.6 is 0 Å². The molecule has 0 radical (unpaired) electrons. The Kier molecular flexibility index (Phi) is 2.71. The summed E-state index contributed by atoms with van der Waals surface area (Å²) < 4.78 is 4.94. The number of nitrogens with zero attached hydrogens (tertiary/aromatic N) is 4. The molecule has 0 spiro atoms. The summed E-state index contributed by atoms with van der Waals surface area (Å²) in [6.07, 6.45) is 0.700. The summed E-state index contributed by atoms with van der Waals surface area (Å²) in [6, 6.07) is 0. The van der Waals surface area contributed by atoms with E-state index in [0.29, 0.717) is 13.0 Å². The third-order valence-electron chi connectivity index (χ3n) is 1.71. The van der Waals surface area contributed by atoms with Crippen LogP contribution in [0.3, 0.4) is 0 Å². The summed E-state index contributed by atoms with van der Waals surface area (Å²) in [4.78, 5) is 2.67. The summed E-state index contributed by atoms with van der Waals surface area (Å²) in [6.45, 7) is 4.19. The molecule has 0 aliphatic rings. The summed E-state index contributed by atoms with van der Waals surface area (Å²) in [5, 5.41) is 7.23. The summed E-state index contributed by atoms with van der Waals surface area (Å²) in [5.41, 5.74) is 9.97. The Hall–Kier alpha value is -1.48. The van der Waals surface area contributed by atoms with E-state index in [9.17, 15) is 0 Å². The van der Waals surface area contributed by atoms with E-state index in [4.69, 9.17) is 10.1 Å². The first-order valence-corrected chi connectivity index (χ1v) is 3.68. The van der Waals surface area contributed by atoms with Gasteiger partial charge in [-0.1, -0.05) is 10.3 Å². The Morgan fingerprint density at radius 2 is 2.33 bits per heavy atom. The Balaban J connectivity index is 2.67. The van der Waals surface area contributed by atoms with E-state index >= 15 is 0 Å². The van der Waals surface area contributed by atoms with Gasteiger partial charge in [-0.05, 0) is 25.8 Å². The van der Waals surface area contributed by atoms with Crippen molar-refractivity contribution in [2.24, 2.45) is 5.11 Å². The minimum atomic E-state index is 0.458. The average molecular weight is 166 g/mol. The third kappa shape index (κ3) is 1.77. The van der Waals surface area contributed by atoms with Gasteiger partial charge in [-0.15, -0.1) is 0 Å². The fourth-order valence-corrected chi connectivity index (χ4v) is 1.07. The molecule has 12 heavy (non-hydrogen) atoms. The molecule has 0 aliphatic heterocycles. The van der Waals surface area contributed by atoms with Gasteiger partial charge in [0.05, 0.1) is 5.69 Å². The van der Waals surface area contributed by atoms with Crippen molar-refractivity contribution in [2.75, 3.05) is 6.54 Å². The second-order valence-electron chi connectivity index (χ2n) is 2.51. The van der Waals surface area contributed by atoms with Gasteiger partial charge in [-0.25, -0.2) is 0 Å². The Morgan fingerprint density at radius 3 is 2.83 bits per heavy atom. The first-order chi connectivity index (χ1) is 5.75. The van der Waals surface area contributed by atoms with Crippen molar-refractivity contribution in [2.45, 2.75) is 20.3 Å². The van der Waals surface area contributed by atoms with Crippen molar-refractivity contribution in [3.05, 3.63) is 27.5 Å². The Bertz CT molecular complexity index is 292. The lowest BCUT2D eigenvalue weighted by atomic mass is 10.1. The topological polar surface area (TPSA) is 74.8 Å². The second-order valence-corrected chi connectivity index (χ2v) is 2.51. The van der Waals surface area contributed by atoms with Crippen molar-refractivity contribution in [3.63, 3.8) is 0 Å². The minimum absolute atomic E-state index is 0.458. The first-order valence-electron chi connectivity index (χ1n) is 3.68. The lowest BCUT2D eigenvalue weighted by Crippen LogP contribution is -1.91. The zero-order valence-electron chi connectivity index (χ0n) is 7.11.